The standard InChI is InChI=1S/C20H18FN5O5/c1-9-8-31-15-7-25-6-11(17(27)18(28)16(25)20(30)26(9)15)19(29)22-5-14-23-12-3-2-10(21)4-13(12)24-14/h2-4,6,9,15-16H,5,7-8H2,1H3,(H,22,29)(H,23,24)/t9-,15+,16?/m0/s1. The lowest BCUT2D eigenvalue weighted by molar-refractivity contribution is -0.159. The van der Waals surface area contributed by atoms with Crippen LogP contribution in [0.25, 0.3) is 11.0 Å². The van der Waals surface area contributed by atoms with Crippen molar-refractivity contribution in [2.45, 2.75) is 31.8 Å². The van der Waals surface area contributed by atoms with Crippen molar-refractivity contribution in [3.63, 3.8) is 0 Å². The average molecular weight is 427 g/mol. The summed E-state index contributed by atoms with van der Waals surface area (Å²) in [5.74, 6) is -3.27. The van der Waals surface area contributed by atoms with E-state index >= 15 is 0 Å². The highest BCUT2D eigenvalue weighted by Crippen LogP contribution is 2.29. The Hall–Kier alpha value is -3.60. The van der Waals surface area contributed by atoms with Crippen LogP contribution in [0.15, 0.2) is 30.0 Å². The molecule has 10 nitrogen and oxygen atoms in total. The predicted molar refractivity (Wildman–Crippen MR) is 103 cm³/mol. The molecule has 0 saturated carbocycles. The van der Waals surface area contributed by atoms with Crippen molar-refractivity contribution in [1.82, 2.24) is 25.1 Å². The van der Waals surface area contributed by atoms with Gasteiger partial charge in [-0.3, -0.25) is 19.2 Å². The SMILES string of the molecule is C[C@H]1CO[C@@H]2CN3C=C(C(=O)NCc4nc5ccc(F)cc5[nH]4)C(=O)C(=O)C3C(=O)N12. The minimum atomic E-state index is -1.27. The summed E-state index contributed by atoms with van der Waals surface area (Å²) in [6.07, 6.45) is 0.718. The maximum absolute atomic E-state index is 13.3. The van der Waals surface area contributed by atoms with Crippen LogP contribution >= 0.6 is 0 Å². The van der Waals surface area contributed by atoms with Gasteiger partial charge in [0.1, 0.15) is 23.4 Å². The molecule has 11 heteroatoms. The van der Waals surface area contributed by atoms with Crippen LogP contribution in [0.3, 0.4) is 0 Å². The Bertz CT molecular complexity index is 1170. The van der Waals surface area contributed by atoms with Crippen LogP contribution in [0.5, 0.6) is 0 Å². The number of halogens is 1. The molecule has 1 unspecified atom stereocenters. The van der Waals surface area contributed by atoms with E-state index in [0.717, 1.165) is 0 Å². The van der Waals surface area contributed by atoms with Crippen LogP contribution in [0.1, 0.15) is 12.7 Å². The molecular formula is C20H18FN5O5. The minimum Gasteiger partial charge on any atom is -0.354 e. The van der Waals surface area contributed by atoms with Crippen LogP contribution in [-0.2, 0) is 30.5 Å². The minimum absolute atomic E-state index is 0.0622. The van der Waals surface area contributed by atoms with Gasteiger partial charge in [0.25, 0.3) is 11.8 Å². The molecule has 3 aliphatic rings. The Labute approximate surface area is 175 Å². The molecule has 2 aromatic rings. The first-order valence-corrected chi connectivity index (χ1v) is 9.75. The fourth-order valence-electron chi connectivity index (χ4n) is 4.17. The number of imidazole rings is 1. The lowest BCUT2D eigenvalue weighted by Crippen LogP contribution is -2.65. The molecule has 0 radical (unpaired) electrons. The van der Waals surface area contributed by atoms with Crippen molar-refractivity contribution >= 4 is 34.4 Å². The number of hydrogen-bond acceptors (Lipinski definition) is 7. The summed E-state index contributed by atoms with van der Waals surface area (Å²) >= 11 is 0. The number of fused-ring (bicyclic) bond motifs is 3. The van der Waals surface area contributed by atoms with Crippen molar-refractivity contribution in [2.75, 3.05) is 13.2 Å². The highest BCUT2D eigenvalue weighted by Gasteiger charge is 2.52. The van der Waals surface area contributed by atoms with Crippen LogP contribution in [0.4, 0.5) is 4.39 Å². The third-order valence-corrected chi connectivity index (χ3v) is 5.67. The van der Waals surface area contributed by atoms with Gasteiger partial charge >= 0.3 is 0 Å². The summed E-state index contributed by atoms with van der Waals surface area (Å²) in [5, 5.41) is 2.53. The Morgan fingerprint density at radius 2 is 2.16 bits per heavy atom. The number of ketones is 2. The third-order valence-electron chi connectivity index (χ3n) is 5.67. The van der Waals surface area contributed by atoms with E-state index in [1.807, 2.05) is 6.92 Å². The van der Waals surface area contributed by atoms with Crippen molar-refractivity contribution in [2.24, 2.45) is 0 Å². The van der Waals surface area contributed by atoms with Crippen LogP contribution in [0, 0.1) is 5.82 Å². The van der Waals surface area contributed by atoms with Gasteiger partial charge in [0.2, 0.25) is 11.6 Å². The van der Waals surface area contributed by atoms with Crippen LogP contribution in [0.2, 0.25) is 0 Å². The number of nitrogens with zero attached hydrogens (tertiary/aromatic N) is 3. The molecule has 2 saturated heterocycles. The predicted octanol–water partition coefficient (Wildman–Crippen LogP) is -0.389. The summed E-state index contributed by atoms with van der Waals surface area (Å²) in [6.45, 7) is 2.28. The highest BCUT2D eigenvalue weighted by molar-refractivity contribution is 6.53. The first-order chi connectivity index (χ1) is 14.8. The average Bonchev–Trinajstić information content (AvgIpc) is 3.31. The van der Waals surface area contributed by atoms with Crippen molar-refractivity contribution in [3.05, 3.63) is 41.6 Å². The molecule has 160 valence electrons. The van der Waals surface area contributed by atoms with Crippen molar-refractivity contribution in [1.29, 1.82) is 0 Å². The van der Waals surface area contributed by atoms with E-state index in [4.69, 9.17) is 4.74 Å². The molecule has 0 bridgehead atoms. The number of aromatic nitrogens is 2. The van der Waals surface area contributed by atoms with Gasteiger partial charge in [0, 0.05) is 6.20 Å². The molecule has 1 aromatic carbocycles. The number of nitrogens with one attached hydrogen (secondary N) is 2. The topological polar surface area (TPSA) is 125 Å². The second-order valence-electron chi connectivity index (χ2n) is 7.75. The number of rotatable bonds is 3. The Kier molecular flexibility index (Phi) is 4.36. The fraction of sp³-hybridized carbons (Fsp3) is 0.350. The van der Waals surface area contributed by atoms with E-state index in [-0.39, 0.29) is 24.7 Å². The molecule has 31 heavy (non-hydrogen) atoms. The first kappa shape index (κ1) is 19.4. The molecule has 2 N–H and O–H groups in total. The largest absolute Gasteiger partial charge is 0.354 e. The molecule has 5 rings (SSSR count). The van der Waals surface area contributed by atoms with Crippen LogP contribution in [-0.4, -0.2) is 74.6 Å². The molecule has 0 spiro atoms. The Morgan fingerprint density at radius 3 is 2.97 bits per heavy atom. The second kappa shape index (κ2) is 6.98. The Balaban J connectivity index is 1.34. The van der Waals surface area contributed by atoms with Gasteiger partial charge in [0.05, 0.1) is 36.8 Å². The summed E-state index contributed by atoms with van der Waals surface area (Å²) in [7, 11) is 0. The molecule has 0 aliphatic carbocycles. The number of Topliss-reactive ketones (excluding diaryl/α,β-unsaturated/α-hetero) is 2. The van der Waals surface area contributed by atoms with E-state index in [0.29, 0.717) is 23.5 Å². The van der Waals surface area contributed by atoms with Crippen molar-refractivity contribution in [3.8, 4) is 0 Å². The lowest BCUT2D eigenvalue weighted by atomic mass is 9.93. The van der Waals surface area contributed by atoms with Gasteiger partial charge in [0.15, 0.2) is 6.04 Å². The number of piperazine rings is 1. The molecule has 2 fully saturated rings. The fourth-order valence-corrected chi connectivity index (χ4v) is 4.17. The van der Waals surface area contributed by atoms with E-state index in [9.17, 15) is 23.6 Å². The number of carbonyl (C=O) groups is 4. The maximum atomic E-state index is 13.3. The van der Waals surface area contributed by atoms with Gasteiger partial charge in [-0.05, 0) is 25.1 Å². The molecular weight excluding hydrogens is 409 g/mol. The number of ether oxygens (including phenoxy) is 1. The van der Waals surface area contributed by atoms with Crippen molar-refractivity contribution < 1.29 is 28.3 Å². The second-order valence-corrected chi connectivity index (χ2v) is 7.75. The van der Waals surface area contributed by atoms with E-state index in [1.54, 1.807) is 0 Å². The Morgan fingerprint density at radius 1 is 1.35 bits per heavy atom. The zero-order chi connectivity index (χ0) is 21.9. The lowest BCUT2D eigenvalue weighted by Gasteiger charge is -2.43. The summed E-state index contributed by atoms with van der Waals surface area (Å²) in [6, 6.07) is 2.60. The van der Waals surface area contributed by atoms with Gasteiger partial charge < -0.3 is 24.8 Å². The highest BCUT2D eigenvalue weighted by atomic mass is 19.1. The number of carbonyl (C=O) groups excluding carboxylic acids is 4. The number of H-pyrrole nitrogens is 1. The quantitative estimate of drug-likeness (QED) is 0.388. The van der Waals surface area contributed by atoms with E-state index < -0.39 is 41.5 Å². The van der Waals surface area contributed by atoms with Gasteiger partial charge in [-0.2, -0.15) is 0 Å². The van der Waals surface area contributed by atoms with Gasteiger partial charge in [-0.25, -0.2) is 9.37 Å². The number of amides is 2. The zero-order valence-electron chi connectivity index (χ0n) is 16.4. The molecule has 2 amide bonds. The van der Waals surface area contributed by atoms with Crippen LogP contribution < -0.4 is 5.32 Å². The maximum Gasteiger partial charge on any atom is 0.257 e. The number of hydrogen-bond donors (Lipinski definition) is 2. The molecule has 1 aromatic heterocycles. The summed E-state index contributed by atoms with van der Waals surface area (Å²) in [5.41, 5.74) is 0.645. The molecule has 4 heterocycles. The van der Waals surface area contributed by atoms with E-state index in [1.165, 1.54) is 34.2 Å². The number of aromatic amines is 1. The zero-order valence-corrected chi connectivity index (χ0v) is 16.4. The monoisotopic (exact) mass is 427 g/mol. The third kappa shape index (κ3) is 3.08. The van der Waals surface area contributed by atoms with Gasteiger partial charge in [-0.1, -0.05) is 0 Å². The molecule has 3 atom stereocenters. The smallest absolute Gasteiger partial charge is 0.257 e. The van der Waals surface area contributed by atoms with Gasteiger partial charge in [-0.15, -0.1) is 0 Å². The first-order valence-electron chi connectivity index (χ1n) is 9.75. The molecule has 3 aliphatic heterocycles. The summed E-state index contributed by atoms with van der Waals surface area (Å²) < 4.78 is 18.9. The normalized spacial score (nSPS) is 25.5. The summed E-state index contributed by atoms with van der Waals surface area (Å²) in [4.78, 5) is 60.6. The van der Waals surface area contributed by atoms with E-state index in [2.05, 4.69) is 15.3 Å². The number of benzene rings is 1.